The third kappa shape index (κ3) is 3.61. The molecule has 3 nitrogen and oxygen atoms in total. The number of hydrogen-bond donors (Lipinski definition) is 0. The molecule has 0 aromatic heterocycles. The van der Waals surface area contributed by atoms with Crippen LogP contribution in [0.4, 0.5) is 8.78 Å². The highest BCUT2D eigenvalue weighted by molar-refractivity contribution is 5.94. The van der Waals surface area contributed by atoms with Crippen LogP contribution in [-0.4, -0.2) is 24.5 Å². The maximum atomic E-state index is 13.7. The SMILES string of the molecule is CCN(Cc1ccc(OC)cc1)C(=O)c1ccc(F)cc1F. The van der Waals surface area contributed by atoms with Crippen LogP contribution in [0, 0.1) is 11.6 Å². The molecule has 2 rings (SSSR count). The second-order valence-electron chi connectivity index (χ2n) is 4.79. The lowest BCUT2D eigenvalue weighted by molar-refractivity contribution is 0.0747. The van der Waals surface area contributed by atoms with E-state index in [0.717, 1.165) is 17.4 Å². The van der Waals surface area contributed by atoms with Gasteiger partial charge in [0.15, 0.2) is 0 Å². The molecule has 0 aliphatic carbocycles. The number of carbonyl (C=O) groups excluding carboxylic acids is 1. The number of nitrogens with zero attached hydrogens (tertiary/aromatic N) is 1. The molecule has 0 spiro atoms. The van der Waals surface area contributed by atoms with Gasteiger partial charge in [0, 0.05) is 19.2 Å². The van der Waals surface area contributed by atoms with Crippen molar-refractivity contribution in [3.05, 3.63) is 65.2 Å². The quantitative estimate of drug-likeness (QED) is 0.844. The van der Waals surface area contributed by atoms with Crippen LogP contribution in [0.25, 0.3) is 0 Å². The first-order chi connectivity index (χ1) is 10.5. The Labute approximate surface area is 128 Å². The summed E-state index contributed by atoms with van der Waals surface area (Å²) in [5, 5.41) is 0. The molecule has 22 heavy (non-hydrogen) atoms. The van der Waals surface area contributed by atoms with Crippen LogP contribution in [0.5, 0.6) is 5.75 Å². The number of hydrogen-bond acceptors (Lipinski definition) is 2. The monoisotopic (exact) mass is 305 g/mol. The molecule has 0 fully saturated rings. The van der Waals surface area contributed by atoms with Crippen molar-refractivity contribution in [3.63, 3.8) is 0 Å². The molecule has 0 aliphatic rings. The Morgan fingerprint density at radius 3 is 2.36 bits per heavy atom. The van der Waals surface area contributed by atoms with E-state index in [0.29, 0.717) is 19.2 Å². The molecule has 1 amide bonds. The third-order valence-corrected chi connectivity index (χ3v) is 3.36. The highest BCUT2D eigenvalue weighted by Crippen LogP contribution is 2.16. The fourth-order valence-electron chi connectivity index (χ4n) is 2.11. The van der Waals surface area contributed by atoms with E-state index in [2.05, 4.69) is 0 Å². The van der Waals surface area contributed by atoms with Crippen LogP contribution in [0.2, 0.25) is 0 Å². The van der Waals surface area contributed by atoms with Gasteiger partial charge in [-0.2, -0.15) is 0 Å². The van der Waals surface area contributed by atoms with Gasteiger partial charge in [-0.25, -0.2) is 8.78 Å². The molecule has 0 unspecified atom stereocenters. The Morgan fingerprint density at radius 2 is 1.82 bits per heavy atom. The number of ether oxygens (including phenoxy) is 1. The Morgan fingerprint density at radius 1 is 1.14 bits per heavy atom. The van der Waals surface area contributed by atoms with Crippen LogP contribution in [0.1, 0.15) is 22.8 Å². The van der Waals surface area contributed by atoms with Crippen LogP contribution in [0.3, 0.4) is 0 Å². The van der Waals surface area contributed by atoms with Crippen molar-refractivity contribution in [1.82, 2.24) is 4.90 Å². The Bertz CT molecular complexity index is 656. The van der Waals surface area contributed by atoms with Gasteiger partial charge < -0.3 is 9.64 Å². The molecule has 0 radical (unpaired) electrons. The molecule has 0 atom stereocenters. The molecule has 2 aromatic rings. The molecule has 0 bridgehead atoms. The van der Waals surface area contributed by atoms with E-state index in [1.54, 1.807) is 19.2 Å². The number of methoxy groups -OCH3 is 1. The van der Waals surface area contributed by atoms with Gasteiger partial charge in [0.05, 0.1) is 12.7 Å². The highest BCUT2D eigenvalue weighted by atomic mass is 19.1. The minimum absolute atomic E-state index is 0.128. The lowest BCUT2D eigenvalue weighted by Crippen LogP contribution is -2.31. The van der Waals surface area contributed by atoms with Crippen molar-refractivity contribution >= 4 is 5.91 Å². The normalized spacial score (nSPS) is 10.4. The van der Waals surface area contributed by atoms with Gasteiger partial charge in [-0.05, 0) is 36.8 Å². The van der Waals surface area contributed by atoms with Crippen LogP contribution < -0.4 is 4.74 Å². The van der Waals surface area contributed by atoms with Gasteiger partial charge in [0.1, 0.15) is 17.4 Å². The van der Waals surface area contributed by atoms with Gasteiger partial charge in [-0.3, -0.25) is 4.79 Å². The summed E-state index contributed by atoms with van der Waals surface area (Å²) < 4.78 is 31.7. The van der Waals surface area contributed by atoms with E-state index >= 15 is 0 Å². The number of amides is 1. The molecule has 2 aromatic carbocycles. The van der Waals surface area contributed by atoms with Crippen LogP contribution in [0.15, 0.2) is 42.5 Å². The smallest absolute Gasteiger partial charge is 0.257 e. The predicted octanol–water partition coefficient (Wildman–Crippen LogP) is 3.64. The fourth-order valence-corrected chi connectivity index (χ4v) is 2.11. The molecule has 0 aliphatic heterocycles. The molecular formula is C17H17F2NO2. The van der Waals surface area contributed by atoms with E-state index in [1.807, 2.05) is 19.1 Å². The highest BCUT2D eigenvalue weighted by Gasteiger charge is 2.18. The molecule has 0 N–H and O–H groups in total. The number of benzene rings is 2. The Balaban J connectivity index is 2.17. The summed E-state index contributed by atoms with van der Waals surface area (Å²) in [7, 11) is 1.58. The van der Waals surface area contributed by atoms with Gasteiger partial charge in [0.2, 0.25) is 0 Å². The molecule has 5 heteroatoms. The summed E-state index contributed by atoms with van der Waals surface area (Å²) in [5.74, 6) is -1.29. The number of carbonyl (C=O) groups is 1. The molecule has 0 saturated carbocycles. The van der Waals surface area contributed by atoms with Gasteiger partial charge >= 0.3 is 0 Å². The van der Waals surface area contributed by atoms with Gasteiger partial charge in [-0.1, -0.05) is 12.1 Å². The number of halogens is 2. The largest absolute Gasteiger partial charge is 0.497 e. The second-order valence-corrected chi connectivity index (χ2v) is 4.79. The lowest BCUT2D eigenvalue weighted by atomic mass is 10.1. The van der Waals surface area contributed by atoms with Crippen LogP contribution in [-0.2, 0) is 6.54 Å². The first kappa shape index (κ1) is 15.9. The van der Waals surface area contributed by atoms with Crippen molar-refractivity contribution in [2.75, 3.05) is 13.7 Å². The minimum Gasteiger partial charge on any atom is -0.497 e. The topological polar surface area (TPSA) is 29.5 Å². The van der Waals surface area contributed by atoms with Gasteiger partial charge in [-0.15, -0.1) is 0 Å². The lowest BCUT2D eigenvalue weighted by Gasteiger charge is -2.21. The zero-order valence-electron chi connectivity index (χ0n) is 12.5. The van der Waals surface area contributed by atoms with E-state index in [9.17, 15) is 13.6 Å². The first-order valence-corrected chi connectivity index (χ1v) is 6.92. The Hall–Kier alpha value is -2.43. The van der Waals surface area contributed by atoms with Crippen molar-refractivity contribution in [3.8, 4) is 5.75 Å². The summed E-state index contributed by atoms with van der Waals surface area (Å²) in [6, 6.07) is 10.2. The molecule has 0 saturated heterocycles. The van der Waals surface area contributed by atoms with Gasteiger partial charge in [0.25, 0.3) is 5.91 Å². The average molecular weight is 305 g/mol. The second kappa shape index (κ2) is 7.02. The summed E-state index contributed by atoms with van der Waals surface area (Å²) in [6.07, 6.45) is 0. The summed E-state index contributed by atoms with van der Waals surface area (Å²) in [4.78, 5) is 13.9. The van der Waals surface area contributed by atoms with E-state index in [-0.39, 0.29) is 5.56 Å². The van der Waals surface area contributed by atoms with Crippen molar-refractivity contribution < 1.29 is 18.3 Å². The maximum Gasteiger partial charge on any atom is 0.257 e. The zero-order valence-corrected chi connectivity index (χ0v) is 12.5. The van der Waals surface area contributed by atoms with E-state index in [4.69, 9.17) is 4.74 Å². The zero-order chi connectivity index (χ0) is 16.1. The summed E-state index contributed by atoms with van der Waals surface area (Å²) in [6.45, 7) is 2.57. The summed E-state index contributed by atoms with van der Waals surface area (Å²) >= 11 is 0. The third-order valence-electron chi connectivity index (χ3n) is 3.36. The van der Waals surface area contributed by atoms with E-state index in [1.165, 1.54) is 11.0 Å². The first-order valence-electron chi connectivity index (χ1n) is 6.92. The summed E-state index contributed by atoms with van der Waals surface area (Å²) in [5.41, 5.74) is 0.773. The van der Waals surface area contributed by atoms with Crippen molar-refractivity contribution in [1.29, 1.82) is 0 Å². The number of rotatable bonds is 5. The molecule has 116 valence electrons. The molecule has 0 heterocycles. The van der Waals surface area contributed by atoms with Crippen molar-refractivity contribution in [2.24, 2.45) is 0 Å². The predicted molar refractivity (Wildman–Crippen MR) is 79.8 cm³/mol. The van der Waals surface area contributed by atoms with Crippen molar-refractivity contribution in [2.45, 2.75) is 13.5 Å². The fraction of sp³-hybridized carbons (Fsp3) is 0.235. The Kier molecular flexibility index (Phi) is 5.09. The van der Waals surface area contributed by atoms with Crippen LogP contribution >= 0.6 is 0 Å². The average Bonchev–Trinajstić information content (AvgIpc) is 2.52. The minimum atomic E-state index is -0.849. The standard InChI is InChI=1S/C17H17F2NO2/c1-3-20(11-12-4-7-14(22-2)8-5-12)17(21)15-9-6-13(18)10-16(15)19/h4-10H,3,11H2,1-2H3. The van der Waals surface area contributed by atoms with E-state index < -0.39 is 17.5 Å². The molecular weight excluding hydrogens is 288 g/mol. The maximum absolute atomic E-state index is 13.7.